The van der Waals surface area contributed by atoms with Gasteiger partial charge < -0.3 is 14.1 Å². The van der Waals surface area contributed by atoms with Crippen LogP contribution in [0, 0.1) is 0 Å². The molecule has 0 bridgehead atoms. The van der Waals surface area contributed by atoms with Crippen LogP contribution in [-0.4, -0.2) is 47.1 Å². The number of benzene rings is 1. The maximum absolute atomic E-state index is 12.5. The molecule has 1 aliphatic heterocycles. The van der Waals surface area contributed by atoms with E-state index in [1.807, 2.05) is 18.2 Å². The van der Waals surface area contributed by atoms with Crippen molar-refractivity contribution >= 4 is 17.0 Å². The van der Waals surface area contributed by atoms with Crippen LogP contribution in [0.25, 0.3) is 22.7 Å². The quantitative estimate of drug-likeness (QED) is 0.727. The van der Waals surface area contributed by atoms with Gasteiger partial charge in [-0.1, -0.05) is 6.07 Å². The topological polar surface area (TPSA) is 68.5 Å². The molecule has 0 unspecified atom stereocenters. The van der Waals surface area contributed by atoms with Crippen molar-refractivity contribution in [2.75, 3.05) is 26.3 Å². The van der Waals surface area contributed by atoms with Gasteiger partial charge in [0, 0.05) is 24.8 Å². The Bertz CT molecular complexity index is 839. The molecule has 0 radical (unpaired) electrons. The van der Waals surface area contributed by atoms with Crippen LogP contribution < -0.4 is 0 Å². The molecule has 2 aromatic heterocycles. The highest BCUT2D eigenvalue weighted by Gasteiger charge is 2.19. The maximum Gasteiger partial charge on any atom is 0.254 e. The molecule has 1 aliphatic rings. The second kappa shape index (κ2) is 5.81. The largest absolute Gasteiger partial charge is 0.435 e. The van der Waals surface area contributed by atoms with Crippen LogP contribution in [0.3, 0.4) is 0 Å². The summed E-state index contributed by atoms with van der Waals surface area (Å²) in [5, 5.41) is 0. The number of nitrogens with zero attached hydrogens (tertiary/aromatic N) is 3. The Morgan fingerprint density at radius 1 is 1.13 bits per heavy atom. The maximum atomic E-state index is 12.5. The highest BCUT2D eigenvalue weighted by Crippen LogP contribution is 2.24. The molecule has 6 heteroatoms. The molecule has 1 fully saturated rings. The lowest BCUT2D eigenvalue weighted by atomic mass is 10.1. The van der Waals surface area contributed by atoms with Gasteiger partial charge in [0.2, 0.25) is 5.89 Å². The summed E-state index contributed by atoms with van der Waals surface area (Å²) in [5.41, 5.74) is 2.58. The summed E-state index contributed by atoms with van der Waals surface area (Å²) in [6, 6.07) is 10.9. The molecule has 3 heterocycles. The fourth-order valence-corrected chi connectivity index (χ4v) is 2.61. The van der Waals surface area contributed by atoms with Crippen LogP contribution in [0.2, 0.25) is 0 Å². The van der Waals surface area contributed by atoms with Crippen molar-refractivity contribution in [1.82, 2.24) is 14.9 Å². The molecule has 0 aliphatic carbocycles. The number of amides is 1. The first-order chi connectivity index (χ1) is 11.3. The zero-order chi connectivity index (χ0) is 15.6. The first-order valence-corrected chi connectivity index (χ1v) is 7.50. The average Bonchev–Trinajstić information content (AvgIpc) is 3.06. The summed E-state index contributed by atoms with van der Waals surface area (Å²) in [6.45, 7) is 2.41. The Morgan fingerprint density at radius 3 is 2.78 bits per heavy atom. The van der Waals surface area contributed by atoms with Crippen LogP contribution >= 0.6 is 0 Å². The lowest BCUT2D eigenvalue weighted by Crippen LogP contribution is -2.40. The fourth-order valence-electron chi connectivity index (χ4n) is 2.61. The predicted octanol–water partition coefficient (Wildman–Crippen LogP) is 2.36. The summed E-state index contributed by atoms with van der Waals surface area (Å²) < 4.78 is 11.0. The number of fused-ring (bicyclic) bond motifs is 1. The summed E-state index contributed by atoms with van der Waals surface area (Å²) in [5.74, 6) is 0.453. The van der Waals surface area contributed by atoms with E-state index in [9.17, 15) is 4.79 Å². The third kappa shape index (κ3) is 2.68. The van der Waals surface area contributed by atoms with E-state index in [1.165, 1.54) is 0 Å². The third-order valence-corrected chi connectivity index (χ3v) is 3.82. The van der Waals surface area contributed by atoms with Crippen molar-refractivity contribution in [1.29, 1.82) is 0 Å². The number of rotatable bonds is 2. The minimum Gasteiger partial charge on any atom is -0.435 e. The number of carbonyl (C=O) groups excluding carboxylic acids is 1. The van der Waals surface area contributed by atoms with Gasteiger partial charge in [-0.25, -0.2) is 4.98 Å². The predicted molar refractivity (Wildman–Crippen MR) is 84.0 cm³/mol. The molecule has 3 aromatic rings. The van der Waals surface area contributed by atoms with Crippen LogP contribution in [0.1, 0.15) is 10.4 Å². The van der Waals surface area contributed by atoms with Crippen molar-refractivity contribution in [3.05, 3.63) is 48.2 Å². The minimum atomic E-state index is -0.00224. The summed E-state index contributed by atoms with van der Waals surface area (Å²) >= 11 is 0. The zero-order valence-electron chi connectivity index (χ0n) is 12.4. The van der Waals surface area contributed by atoms with Crippen LogP contribution in [0.5, 0.6) is 0 Å². The van der Waals surface area contributed by atoms with Crippen molar-refractivity contribution in [2.45, 2.75) is 0 Å². The standard InChI is InChI=1S/C17H15N3O3/c21-17(20-7-9-22-10-8-20)12-4-5-15-14(11-12)19-16(23-15)13-3-1-2-6-18-13/h1-6,11H,7-10H2. The van der Waals surface area contributed by atoms with E-state index in [0.29, 0.717) is 54.6 Å². The Kier molecular flexibility index (Phi) is 3.51. The number of hydrogen-bond acceptors (Lipinski definition) is 5. The van der Waals surface area contributed by atoms with E-state index in [4.69, 9.17) is 9.15 Å². The highest BCUT2D eigenvalue weighted by atomic mass is 16.5. The van der Waals surface area contributed by atoms with Gasteiger partial charge in [0.1, 0.15) is 11.2 Å². The normalized spacial score (nSPS) is 15.0. The van der Waals surface area contributed by atoms with Gasteiger partial charge in [0.25, 0.3) is 5.91 Å². The van der Waals surface area contributed by atoms with E-state index < -0.39 is 0 Å². The van der Waals surface area contributed by atoms with Crippen molar-refractivity contribution in [3.63, 3.8) is 0 Å². The number of hydrogen-bond donors (Lipinski definition) is 0. The Labute approximate surface area is 132 Å². The Morgan fingerprint density at radius 2 is 2.00 bits per heavy atom. The molecule has 0 saturated carbocycles. The first kappa shape index (κ1) is 13.9. The SMILES string of the molecule is O=C(c1ccc2oc(-c3ccccn3)nc2c1)N1CCOCC1. The molecular formula is C17H15N3O3. The zero-order valence-corrected chi connectivity index (χ0v) is 12.4. The summed E-state index contributed by atoms with van der Waals surface area (Å²) in [7, 11) is 0. The van der Waals surface area contributed by atoms with Crippen LogP contribution in [-0.2, 0) is 4.74 Å². The van der Waals surface area contributed by atoms with Gasteiger partial charge in [0.05, 0.1) is 13.2 Å². The van der Waals surface area contributed by atoms with Gasteiger partial charge >= 0.3 is 0 Å². The van der Waals surface area contributed by atoms with Gasteiger partial charge in [-0.3, -0.25) is 9.78 Å². The van der Waals surface area contributed by atoms with Gasteiger partial charge in [-0.05, 0) is 30.3 Å². The smallest absolute Gasteiger partial charge is 0.254 e. The number of oxazole rings is 1. The molecule has 0 atom stereocenters. The van der Waals surface area contributed by atoms with Gasteiger partial charge in [-0.15, -0.1) is 0 Å². The molecule has 6 nitrogen and oxygen atoms in total. The van der Waals surface area contributed by atoms with Crippen LogP contribution in [0.15, 0.2) is 47.0 Å². The Hall–Kier alpha value is -2.73. The number of aromatic nitrogens is 2. The molecule has 116 valence electrons. The molecular weight excluding hydrogens is 294 g/mol. The Balaban J connectivity index is 1.66. The highest BCUT2D eigenvalue weighted by molar-refractivity contribution is 5.97. The van der Waals surface area contributed by atoms with Gasteiger partial charge in [-0.2, -0.15) is 0 Å². The van der Waals surface area contributed by atoms with Crippen molar-refractivity contribution in [2.24, 2.45) is 0 Å². The molecule has 0 N–H and O–H groups in total. The number of ether oxygens (including phenoxy) is 1. The molecule has 23 heavy (non-hydrogen) atoms. The summed E-state index contributed by atoms with van der Waals surface area (Å²) in [6.07, 6.45) is 1.69. The number of carbonyl (C=O) groups is 1. The number of pyridine rings is 1. The van der Waals surface area contributed by atoms with Crippen molar-refractivity contribution < 1.29 is 13.9 Å². The molecule has 1 aromatic carbocycles. The lowest BCUT2D eigenvalue weighted by molar-refractivity contribution is 0.0303. The second-order valence-electron chi connectivity index (χ2n) is 5.32. The molecule has 1 saturated heterocycles. The molecule has 1 amide bonds. The van der Waals surface area contributed by atoms with Gasteiger partial charge in [0.15, 0.2) is 5.58 Å². The van der Waals surface area contributed by atoms with E-state index in [2.05, 4.69) is 9.97 Å². The summed E-state index contributed by atoms with van der Waals surface area (Å²) in [4.78, 5) is 23.0. The van der Waals surface area contributed by atoms with E-state index in [1.54, 1.807) is 29.3 Å². The third-order valence-electron chi connectivity index (χ3n) is 3.82. The second-order valence-corrected chi connectivity index (χ2v) is 5.32. The lowest BCUT2D eigenvalue weighted by Gasteiger charge is -2.26. The molecule has 4 rings (SSSR count). The average molecular weight is 309 g/mol. The first-order valence-electron chi connectivity index (χ1n) is 7.50. The monoisotopic (exact) mass is 309 g/mol. The van der Waals surface area contributed by atoms with Crippen LogP contribution in [0.4, 0.5) is 0 Å². The molecule has 0 spiro atoms. The van der Waals surface area contributed by atoms with E-state index in [-0.39, 0.29) is 5.91 Å². The minimum absolute atomic E-state index is 0.00224. The van der Waals surface area contributed by atoms with Crippen molar-refractivity contribution in [3.8, 4) is 11.6 Å². The number of morpholine rings is 1. The van der Waals surface area contributed by atoms with E-state index >= 15 is 0 Å². The fraction of sp³-hybridized carbons (Fsp3) is 0.235. The van der Waals surface area contributed by atoms with E-state index in [0.717, 1.165) is 0 Å².